The van der Waals surface area contributed by atoms with Crippen LogP contribution in [0, 0.1) is 13.5 Å². The number of hydrogen-bond acceptors (Lipinski definition) is 6. The number of hydrogen-bond donors (Lipinski definition) is 2. The summed E-state index contributed by atoms with van der Waals surface area (Å²) in [6.45, 7) is 4.99. The van der Waals surface area contributed by atoms with Gasteiger partial charge in [-0.2, -0.15) is 13.2 Å². The molecule has 0 aromatic heterocycles. The number of nitrogens with one attached hydrogen (secondary N) is 1. The summed E-state index contributed by atoms with van der Waals surface area (Å²) in [6.07, 6.45) is -4.70. The molecule has 7 nitrogen and oxygen atoms in total. The predicted octanol–water partition coefficient (Wildman–Crippen LogP) is 1.80. The molecule has 0 heterocycles. The normalized spacial score (nSPS) is 12.6. The second kappa shape index (κ2) is 14.6. The number of anilines is 1. The fourth-order valence-electron chi connectivity index (χ4n) is 3.38. The number of carbonyl (C=O) groups is 2. The fourth-order valence-corrected chi connectivity index (χ4v) is 3.38. The van der Waals surface area contributed by atoms with Gasteiger partial charge >= 0.3 is 37.1 Å². The molecule has 0 saturated heterocycles. The molecule has 0 fully saturated rings. The zero-order valence-corrected chi connectivity index (χ0v) is 22.3. The van der Waals surface area contributed by atoms with E-state index in [4.69, 9.17) is 15.2 Å². The van der Waals surface area contributed by atoms with Crippen molar-refractivity contribution in [2.45, 2.75) is 51.4 Å². The first-order chi connectivity index (χ1) is 16.7. The number of nitrogen functional groups attached to an aromatic ring is 1. The molecule has 3 N–H and O–H groups in total. The topological polar surface area (TPSA) is 108 Å². The number of alkyl carbamates (subject to hydrolysis) is 1. The van der Waals surface area contributed by atoms with Crippen LogP contribution in [0.1, 0.15) is 37.5 Å². The average Bonchev–Trinajstić information content (AvgIpc) is 2.75. The maximum absolute atomic E-state index is 13.9. The molecule has 1 amide bonds. The van der Waals surface area contributed by atoms with E-state index >= 15 is 0 Å². The Morgan fingerprint density at radius 2 is 1.76 bits per heavy atom. The summed E-state index contributed by atoms with van der Waals surface area (Å²) in [5.74, 6) is -0.732. The van der Waals surface area contributed by atoms with Crippen molar-refractivity contribution in [3.63, 3.8) is 0 Å². The van der Waals surface area contributed by atoms with Crippen LogP contribution in [-0.2, 0) is 31.9 Å². The summed E-state index contributed by atoms with van der Waals surface area (Å²) in [6, 6.07) is 11.3. The molecule has 0 unspecified atom stereocenters. The summed E-state index contributed by atoms with van der Waals surface area (Å²) in [4.78, 5) is 36.0. The van der Waals surface area contributed by atoms with E-state index in [9.17, 15) is 27.6 Å². The molecule has 1 atom stereocenters. The Morgan fingerprint density at radius 1 is 1.13 bits per heavy atom. The average molecular weight is 526 g/mol. The van der Waals surface area contributed by atoms with E-state index in [1.165, 1.54) is 30.6 Å². The van der Waals surface area contributed by atoms with Crippen LogP contribution < -0.4 is 29.9 Å². The number of methoxy groups -OCH3 is 1. The Bertz CT molecular complexity index is 1140. The first kappa shape index (κ1) is 34.8. The van der Waals surface area contributed by atoms with Crippen molar-refractivity contribution in [3.05, 3.63) is 78.2 Å². The summed E-state index contributed by atoms with van der Waals surface area (Å²) in [5.41, 5.74) is 3.59. The van der Waals surface area contributed by atoms with Crippen molar-refractivity contribution in [2.24, 2.45) is 0 Å². The van der Waals surface area contributed by atoms with E-state index in [-0.39, 0.29) is 44.0 Å². The van der Waals surface area contributed by atoms with E-state index in [2.05, 4.69) is 11.4 Å². The number of esters is 1. The van der Waals surface area contributed by atoms with E-state index in [0.29, 0.717) is 11.1 Å². The Kier molecular flexibility index (Phi) is 13.4. The Balaban J connectivity index is 0.00000684. The SMILES string of the molecule is COC(=O)[C@H](Cc1cccc(C/C([C-]=O)=C(/c2[c-]ccc(N)c2)C(F)(F)F)c1)NC(=O)OC(C)(C)C.[CH3-].[Li+]. The van der Waals surface area contributed by atoms with Gasteiger partial charge in [0.15, 0.2) is 0 Å². The minimum Gasteiger partial charge on any atom is -0.467 e. The molecule has 2 aromatic carbocycles. The van der Waals surface area contributed by atoms with Gasteiger partial charge < -0.3 is 32.7 Å². The smallest absolute Gasteiger partial charge is 0.467 e. The third kappa shape index (κ3) is 10.6. The molecule has 0 aliphatic rings. The van der Waals surface area contributed by atoms with E-state index < -0.39 is 47.4 Å². The van der Waals surface area contributed by atoms with Crippen LogP contribution in [0.2, 0.25) is 0 Å². The minimum absolute atomic E-state index is 0. The molecule has 0 aliphatic heterocycles. The van der Waals surface area contributed by atoms with Crippen LogP contribution in [0.15, 0.2) is 48.0 Å². The van der Waals surface area contributed by atoms with Crippen molar-refractivity contribution in [2.75, 3.05) is 12.8 Å². The van der Waals surface area contributed by atoms with Crippen molar-refractivity contribution in [1.29, 1.82) is 0 Å². The van der Waals surface area contributed by atoms with Gasteiger partial charge in [0, 0.05) is 6.42 Å². The Hall–Kier alpha value is -3.22. The van der Waals surface area contributed by atoms with Crippen molar-refractivity contribution in [3.8, 4) is 0 Å². The predicted molar refractivity (Wildman–Crippen MR) is 134 cm³/mol. The molecule has 2 aromatic rings. The molecule has 11 heteroatoms. The maximum Gasteiger partial charge on any atom is 1.00 e. The molecule has 38 heavy (non-hydrogen) atoms. The molecule has 202 valence electrons. The van der Waals surface area contributed by atoms with E-state index in [1.807, 2.05) is 0 Å². The number of benzene rings is 2. The molecular formula is C27H30F3LiN2O5-2. The molecule has 0 saturated carbocycles. The molecule has 2 rings (SSSR count). The third-order valence-corrected chi connectivity index (χ3v) is 4.79. The number of rotatable bonds is 8. The number of allylic oxidation sites excluding steroid dienone is 2. The standard InChI is InChI=1S/C26H27F3N2O5.CH3.Li/c1-25(2,3)36-24(34)31-21(23(33)35-4)13-17-8-5-7-16(11-17)12-19(15-32)22(26(27,28)29)18-9-6-10-20(30)14-18;;/h5-8,10-11,14,21H,12-13,30H2,1-4H3,(H,31,34);1H3;/q-2;-1;+1/b22-19+;;/t21-;;/m0../s1. The zero-order chi connectivity index (χ0) is 27.1. The van der Waals surface area contributed by atoms with E-state index in [0.717, 1.165) is 13.2 Å². The Labute approximate surface area is 233 Å². The largest absolute Gasteiger partial charge is 1.00 e. The number of alkyl halides is 3. The Morgan fingerprint density at radius 3 is 2.29 bits per heavy atom. The molecule has 0 aliphatic carbocycles. The van der Waals surface area contributed by atoms with Crippen molar-refractivity contribution in [1.82, 2.24) is 5.32 Å². The zero-order valence-electron chi connectivity index (χ0n) is 22.3. The van der Waals surface area contributed by atoms with Gasteiger partial charge in [0.25, 0.3) is 0 Å². The van der Waals surface area contributed by atoms with Crippen LogP contribution in [-0.4, -0.2) is 43.3 Å². The van der Waals surface area contributed by atoms with Crippen LogP contribution in [0.4, 0.5) is 23.7 Å². The van der Waals surface area contributed by atoms with Crippen LogP contribution in [0.5, 0.6) is 0 Å². The van der Waals surface area contributed by atoms with Gasteiger partial charge in [-0.05, 0) is 50.2 Å². The molecule has 0 spiro atoms. The monoisotopic (exact) mass is 526 g/mol. The van der Waals surface area contributed by atoms with Gasteiger partial charge in [0.2, 0.25) is 0 Å². The van der Waals surface area contributed by atoms with Gasteiger partial charge in [0.1, 0.15) is 11.6 Å². The van der Waals surface area contributed by atoms with Gasteiger partial charge in [0.05, 0.1) is 7.11 Å². The number of halogens is 3. The second-order valence-corrected chi connectivity index (χ2v) is 8.91. The summed E-state index contributed by atoms with van der Waals surface area (Å²) in [7, 11) is 1.16. The summed E-state index contributed by atoms with van der Waals surface area (Å²) < 4.78 is 51.6. The van der Waals surface area contributed by atoms with Crippen molar-refractivity contribution < 1.29 is 55.9 Å². The first-order valence-corrected chi connectivity index (χ1v) is 10.8. The third-order valence-electron chi connectivity index (χ3n) is 4.79. The minimum atomic E-state index is -4.86. The van der Waals surface area contributed by atoms with Crippen LogP contribution in [0.25, 0.3) is 5.57 Å². The number of amides is 1. The van der Waals surface area contributed by atoms with Gasteiger partial charge in [-0.25, -0.2) is 9.59 Å². The number of nitrogens with two attached hydrogens (primary N) is 1. The van der Waals surface area contributed by atoms with Gasteiger partial charge in [-0.3, -0.25) is 0 Å². The maximum atomic E-state index is 13.9. The summed E-state index contributed by atoms with van der Waals surface area (Å²) >= 11 is 0. The summed E-state index contributed by atoms with van der Waals surface area (Å²) in [5, 5.41) is 2.44. The number of ether oxygens (including phenoxy) is 2. The molecule has 0 radical (unpaired) electrons. The number of carbonyl (C=O) groups excluding carboxylic acids is 3. The van der Waals surface area contributed by atoms with Crippen molar-refractivity contribution >= 4 is 29.6 Å². The van der Waals surface area contributed by atoms with Gasteiger partial charge in [-0.15, -0.1) is 35.4 Å². The van der Waals surface area contributed by atoms with Gasteiger partial charge in [-0.1, -0.05) is 30.0 Å². The molecular weight excluding hydrogens is 496 g/mol. The van der Waals surface area contributed by atoms with E-state index in [1.54, 1.807) is 32.9 Å². The first-order valence-electron chi connectivity index (χ1n) is 10.8. The van der Waals surface area contributed by atoms with Crippen LogP contribution >= 0.6 is 0 Å². The second-order valence-electron chi connectivity index (χ2n) is 8.91. The van der Waals surface area contributed by atoms with Crippen LogP contribution in [0.3, 0.4) is 0 Å². The fraction of sp³-hybridized carbons (Fsp3) is 0.333. The quantitative estimate of drug-likeness (QED) is 0.179. The molecule has 0 bridgehead atoms.